The molecule has 0 bridgehead atoms. The maximum atomic E-state index is 12.5. The number of hydrogen-bond donors (Lipinski definition) is 2. The van der Waals surface area contributed by atoms with Gasteiger partial charge in [0.15, 0.2) is 0 Å². The number of nitrogens with one attached hydrogen (secondary N) is 1. The first-order chi connectivity index (χ1) is 9.94. The Morgan fingerprint density at radius 1 is 1.38 bits per heavy atom. The van der Waals surface area contributed by atoms with Crippen LogP contribution in [0.5, 0.6) is 5.75 Å². The maximum absolute atomic E-state index is 12.5. The summed E-state index contributed by atoms with van der Waals surface area (Å²) < 4.78 is 38.2. The summed E-state index contributed by atoms with van der Waals surface area (Å²) in [5, 5.41) is 0. The Hall–Kier alpha value is -1.31. The van der Waals surface area contributed by atoms with Crippen LogP contribution in [0.15, 0.2) is 23.1 Å². The highest BCUT2D eigenvalue weighted by Crippen LogP contribution is 2.27. The van der Waals surface area contributed by atoms with E-state index in [1.165, 1.54) is 19.2 Å². The second-order valence-electron chi connectivity index (χ2n) is 5.27. The van der Waals surface area contributed by atoms with Crippen LogP contribution in [-0.4, -0.2) is 34.8 Å². The number of nitrogen functional groups attached to an aromatic ring is 1. The third-order valence-corrected chi connectivity index (χ3v) is 5.39. The average Bonchev–Trinajstić information content (AvgIpc) is 2.47. The number of nitrogens with two attached hydrogens (primary N) is 1. The molecule has 1 aromatic carbocycles. The van der Waals surface area contributed by atoms with Gasteiger partial charge in [-0.2, -0.15) is 0 Å². The van der Waals surface area contributed by atoms with Crippen LogP contribution in [-0.2, 0) is 14.8 Å². The van der Waals surface area contributed by atoms with E-state index in [2.05, 4.69) is 4.72 Å². The number of ether oxygens (including phenoxy) is 2. The molecule has 0 saturated carbocycles. The van der Waals surface area contributed by atoms with E-state index in [1.54, 1.807) is 6.07 Å². The van der Waals surface area contributed by atoms with Crippen LogP contribution in [0.2, 0.25) is 0 Å². The minimum atomic E-state index is -3.64. The van der Waals surface area contributed by atoms with E-state index in [9.17, 15) is 8.42 Å². The van der Waals surface area contributed by atoms with Crippen molar-refractivity contribution in [1.29, 1.82) is 0 Å². The molecule has 1 atom stereocenters. The lowest BCUT2D eigenvalue weighted by Gasteiger charge is -2.28. The summed E-state index contributed by atoms with van der Waals surface area (Å²) in [5.74, 6) is 0.537. The van der Waals surface area contributed by atoms with Crippen LogP contribution < -0.4 is 15.2 Å². The fourth-order valence-corrected chi connectivity index (χ4v) is 3.99. The van der Waals surface area contributed by atoms with Gasteiger partial charge < -0.3 is 15.2 Å². The molecule has 3 N–H and O–H groups in total. The SMILES string of the molecule is COc1cc(N)ccc1S(=O)(=O)NC(C)C1CCOCC1. The smallest absolute Gasteiger partial charge is 0.244 e. The molecule has 1 heterocycles. The van der Waals surface area contributed by atoms with Crippen molar-refractivity contribution in [2.75, 3.05) is 26.1 Å². The molecule has 0 amide bonds. The van der Waals surface area contributed by atoms with E-state index in [0.29, 0.717) is 18.9 Å². The highest BCUT2D eigenvalue weighted by Gasteiger charge is 2.27. The van der Waals surface area contributed by atoms with Gasteiger partial charge in [-0.1, -0.05) is 0 Å². The summed E-state index contributed by atoms with van der Waals surface area (Å²) in [7, 11) is -2.21. The quantitative estimate of drug-likeness (QED) is 0.801. The molecule has 1 aliphatic heterocycles. The Balaban J connectivity index is 2.17. The molecule has 1 fully saturated rings. The van der Waals surface area contributed by atoms with Crippen LogP contribution in [0.25, 0.3) is 0 Å². The molecule has 0 radical (unpaired) electrons. The van der Waals surface area contributed by atoms with Crippen molar-refractivity contribution in [3.63, 3.8) is 0 Å². The van der Waals surface area contributed by atoms with Crippen molar-refractivity contribution in [2.24, 2.45) is 5.92 Å². The molecule has 1 unspecified atom stereocenters. The minimum Gasteiger partial charge on any atom is -0.495 e. The summed E-state index contributed by atoms with van der Waals surface area (Å²) in [5.41, 5.74) is 6.12. The molecule has 1 aromatic rings. The Labute approximate surface area is 125 Å². The number of benzene rings is 1. The Kier molecular flexibility index (Phi) is 5.08. The molecule has 1 saturated heterocycles. The monoisotopic (exact) mass is 314 g/mol. The molecule has 21 heavy (non-hydrogen) atoms. The van der Waals surface area contributed by atoms with E-state index < -0.39 is 10.0 Å². The van der Waals surface area contributed by atoms with Gasteiger partial charge >= 0.3 is 0 Å². The van der Waals surface area contributed by atoms with Crippen LogP contribution in [0, 0.1) is 5.92 Å². The topological polar surface area (TPSA) is 90.7 Å². The van der Waals surface area contributed by atoms with Gasteiger partial charge in [0.25, 0.3) is 0 Å². The lowest BCUT2D eigenvalue weighted by Crippen LogP contribution is -2.40. The Morgan fingerprint density at radius 2 is 2.05 bits per heavy atom. The fourth-order valence-electron chi connectivity index (χ4n) is 2.53. The highest BCUT2D eigenvalue weighted by molar-refractivity contribution is 7.89. The van der Waals surface area contributed by atoms with Gasteiger partial charge in [-0.3, -0.25) is 0 Å². The van der Waals surface area contributed by atoms with Gasteiger partial charge in [-0.25, -0.2) is 13.1 Å². The van der Waals surface area contributed by atoms with Gasteiger partial charge in [0.05, 0.1) is 7.11 Å². The zero-order valence-electron chi connectivity index (χ0n) is 12.3. The summed E-state index contributed by atoms with van der Waals surface area (Å²) in [4.78, 5) is 0.109. The number of hydrogen-bond acceptors (Lipinski definition) is 5. The van der Waals surface area contributed by atoms with Crippen molar-refractivity contribution in [1.82, 2.24) is 4.72 Å². The minimum absolute atomic E-state index is 0.109. The number of rotatable bonds is 5. The molecular weight excluding hydrogens is 292 g/mol. The molecule has 2 rings (SSSR count). The summed E-state index contributed by atoms with van der Waals surface area (Å²) in [6.07, 6.45) is 1.73. The standard InChI is InChI=1S/C14H22N2O4S/c1-10(11-5-7-20-8-6-11)16-21(17,18)14-4-3-12(15)9-13(14)19-2/h3-4,9-11,16H,5-8,15H2,1-2H3. The van der Waals surface area contributed by atoms with Crippen LogP contribution >= 0.6 is 0 Å². The normalized spacial score (nSPS) is 18.4. The molecular formula is C14H22N2O4S. The Morgan fingerprint density at radius 3 is 2.67 bits per heavy atom. The van der Waals surface area contributed by atoms with Crippen LogP contribution in [0.3, 0.4) is 0 Å². The molecule has 6 nitrogen and oxygen atoms in total. The first kappa shape index (κ1) is 16.1. The predicted molar refractivity (Wildman–Crippen MR) is 80.7 cm³/mol. The maximum Gasteiger partial charge on any atom is 0.244 e. The highest BCUT2D eigenvalue weighted by atomic mass is 32.2. The zero-order valence-corrected chi connectivity index (χ0v) is 13.2. The number of anilines is 1. The zero-order chi connectivity index (χ0) is 15.5. The van der Waals surface area contributed by atoms with E-state index in [4.69, 9.17) is 15.2 Å². The van der Waals surface area contributed by atoms with E-state index in [1.807, 2.05) is 6.92 Å². The number of methoxy groups -OCH3 is 1. The molecule has 1 aliphatic rings. The third kappa shape index (κ3) is 3.87. The fraction of sp³-hybridized carbons (Fsp3) is 0.571. The van der Waals surface area contributed by atoms with Crippen molar-refractivity contribution in [2.45, 2.75) is 30.7 Å². The van der Waals surface area contributed by atoms with Gasteiger partial charge in [0, 0.05) is 31.0 Å². The average molecular weight is 314 g/mol. The third-order valence-electron chi connectivity index (χ3n) is 3.79. The summed E-state index contributed by atoms with van der Waals surface area (Å²) >= 11 is 0. The van der Waals surface area contributed by atoms with Gasteiger partial charge in [0.1, 0.15) is 10.6 Å². The van der Waals surface area contributed by atoms with Crippen LogP contribution in [0.4, 0.5) is 5.69 Å². The molecule has 7 heteroatoms. The van der Waals surface area contributed by atoms with Crippen molar-refractivity contribution < 1.29 is 17.9 Å². The van der Waals surface area contributed by atoms with Gasteiger partial charge in [0.2, 0.25) is 10.0 Å². The van der Waals surface area contributed by atoms with Gasteiger partial charge in [-0.15, -0.1) is 0 Å². The first-order valence-corrected chi connectivity index (χ1v) is 8.46. The van der Waals surface area contributed by atoms with Crippen molar-refractivity contribution in [3.05, 3.63) is 18.2 Å². The predicted octanol–water partition coefficient (Wildman–Crippen LogP) is 1.37. The van der Waals surface area contributed by atoms with E-state index in [0.717, 1.165) is 12.8 Å². The van der Waals surface area contributed by atoms with Gasteiger partial charge in [-0.05, 0) is 37.8 Å². The van der Waals surface area contributed by atoms with Crippen LogP contribution in [0.1, 0.15) is 19.8 Å². The largest absolute Gasteiger partial charge is 0.495 e. The van der Waals surface area contributed by atoms with E-state index in [-0.39, 0.29) is 22.6 Å². The second kappa shape index (κ2) is 6.64. The van der Waals surface area contributed by atoms with Crippen molar-refractivity contribution >= 4 is 15.7 Å². The Bertz CT molecular complexity index is 583. The lowest BCUT2D eigenvalue weighted by molar-refractivity contribution is 0.0585. The molecule has 0 spiro atoms. The first-order valence-electron chi connectivity index (χ1n) is 6.97. The second-order valence-corrected chi connectivity index (χ2v) is 6.95. The van der Waals surface area contributed by atoms with E-state index >= 15 is 0 Å². The molecule has 0 aliphatic carbocycles. The molecule has 118 valence electrons. The molecule has 0 aromatic heterocycles. The lowest BCUT2D eigenvalue weighted by atomic mass is 9.94. The summed E-state index contributed by atoms with van der Waals surface area (Å²) in [6, 6.07) is 4.37. The summed E-state index contributed by atoms with van der Waals surface area (Å²) in [6.45, 7) is 3.25. The number of sulfonamides is 1. The van der Waals surface area contributed by atoms with Crippen molar-refractivity contribution in [3.8, 4) is 5.75 Å².